The van der Waals surface area contributed by atoms with E-state index in [0.29, 0.717) is 29.9 Å². The number of fused-ring (bicyclic) bond motifs is 1. The minimum atomic E-state index is -0.139. The van der Waals surface area contributed by atoms with Crippen LogP contribution in [0.4, 0.5) is 0 Å². The number of halogens is 1. The highest BCUT2D eigenvalue weighted by Crippen LogP contribution is 2.11. The third kappa shape index (κ3) is 4.70. The van der Waals surface area contributed by atoms with Crippen molar-refractivity contribution in [3.63, 3.8) is 0 Å². The molecule has 0 aliphatic rings. The summed E-state index contributed by atoms with van der Waals surface area (Å²) in [4.78, 5) is 24.3. The van der Waals surface area contributed by atoms with Crippen LogP contribution in [0, 0.1) is 0 Å². The van der Waals surface area contributed by atoms with Crippen LogP contribution in [0.2, 0.25) is 5.02 Å². The fourth-order valence-corrected chi connectivity index (χ4v) is 2.91. The molecule has 0 spiro atoms. The van der Waals surface area contributed by atoms with Gasteiger partial charge in [-0.15, -0.1) is 0 Å². The van der Waals surface area contributed by atoms with Crippen molar-refractivity contribution in [3.8, 4) is 0 Å². The number of nitrogens with one attached hydrogen (secondary N) is 1. The number of benzene rings is 2. The van der Waals surface area contributed by atoms with Crippen molar-refractivity contribution < 1.29 is 4.79 Å². The van der Waals surface area contributed by atoms with E-state index in [1.54, 1.807) is 12.3 Å². The number of hydrogen-bond acceptors (Lipinski definition) is 3. The first-order valence-corrected chi connectivity index (χ1v) is 8.97. The van der Waals surface area contributed by atoms with Crippen LogP contribution in [-0.4, -0.2) is 22.2 Å². The molecule has 0 saturated heterocycles. The van der Waals surface area contributed by atoms with Crippen LogP contribution in [0.1, 0.15) is 18.4 Å². The fourth-order valence-electron chi connectivity index (χ4n) is 2.78. The maximum absolute atomic E-state index is 12.3. The molecular weight excluding hydrogens is 350 g/mol. The van der Waals surface area contributed by atoms with Gasteiger partial charge in [-0.25, -0.2) is 4.68 Å². The quantitative estimate of drug-likeness (QED) is 0.695. The number of aryl methyl sites for hydroxylation is 1. The molecule has 2 aromatic carbocycles. The van der Waals surface area contributed by atoms with Gasteiger partial charge in [-0.05, 0) is 36.6 Å². The van der Waals surface area contributed by atoms with E-state index >= 15 is 0 Å². The van der Waals surface area contributed by atoms with Gasteiger partial charge in [0, 0.05) is 23.4 Å². The van der Waals surface area contributed by atoms with Gasteiger partial charge in [0.1, 0.15) is 0 Å². The summed E-state index contributed by atoms with van der Waals surface area (Å²) in [6.07, 6.45) is 3.71. The van der Waals surface area contributed by atoms with E-state index in [4.69, 9.17) is 11.6 Å². The Morgan fingerprint density at radius 2 is 1.88 bits per heavy atom. The van der Waals surface area contributed by atoms with Crippen LogP contribution >= 0.6 is 11.6 Å². The molecule has 0 aliphatic carbocycles. The summed E-state index contributed by atoms with van der Waals surface area (Å²) in [5, 5.41) is 9.16. The summed E-state index contributed by atoms with van der Waals surface area (Å²) in [5.41, 5.74) is 1.02. The van der Waals surface area contributed by atoms with Crippen molar-refractivity contribution in [1.29, 1.82) is 0 Å². The SMILES string of the molecule is O=C(CCCc1ccc(Cl)cc1)NCCn1ncc2ccccc2c1=O. The number of amides is 1. The topological polar surface area (TPSA) is 64.0 Å². The summed E-state index contributed by atoms with van der Waals surface area (Å²) >= 11 is 5.85. The Hall–Kier alpha value is -2.66. The van der Waals surface area contributed by atoms with Crippen molar-refractivity contribution in [2.75, 3.05) is 6.54 Å². The van der Waals surface area contributed by atoms with Crippen molar-refractivity contribution in [2.24, 2.45) is 0 Å². The monoisotopic (exact) mass is 369 g/mol. The minimum absolute atomic E-state index is 0.0206. The number of carbonyl (C=O) groups excluding carboxylic acids is 1. The van der Waals surface area contributed by atoms with Gasteiger partial charge in [0.2, 0.25) is 5.91 Å². The standard InChI is InChI=1S/C20H20ClN3O2/c21-17-10-8-15(9-11-17)4-3-7-19(25)22-12-13-24-20(26)18-6-2-1-5-16(18)14-23-24/h1-2,5-6,8-11,14H,3-4,7,12-13H2,(H,22,25). The highest BCUT2D eigenvalue weighted by molar-refractivity contribution is 6.30. The summed E-state index contributed by atoms with van der Waals surface area (Å²) in [6.45, 7) is 0.734. The molecule has 3 aromatic rings. The number of nitrogens with zero attached hydrogens (tertiary/aromatic N) is 2. The number of hydrogen-bond donors (Lipinski definition) is 1. The van der Waals surface area contributed by atoms with Gasteiger partial charge in [-0.1, -0.05) is 41.9 Å². The molecule has 1 amide bonds. The van der Waals surface area contributed by atoms with Gasteiger partial charge in [-0.2, -0.15) is 5.10 Å². The summed E-state index contributed by atoms with van der Waals surface area (Å²) < 4.78 is 1.39. The van der Waals surface area contributed by atoms with E-state index in [1.165, 1.54) is 4.68 Å². The molecule has 0 bridgehead atoms. The maximum atomic E-state index is 12.3. The lowest BCUT2D eigenvalue weighted by molar-refractivity contribution is -0.121. The Bertz CT molecular complexity index is 951. The van der Waals surface area contributed by atoms with Crippen LogP contribution in [0.25, 0.3) is 10.8 Å². The summed E-state index contributed by atoms with van der Waals surface area (Å²) in [6, 6.07) is 15.0. The highest BCUT2D eigenvalue weighted by atomic mass is 35.5. The zero-order valence-corrected chi connectivity index (χ0v) is 15.1. The zero-order chi connectivity index (χ0) is 18.4. The second-order valence-electron chi connectivity index (χ2n) is 6.09. The largest absolute Gasteiger partial charge is 0.354 e. The predicted molar refractivity (Wildman–Crippen MR) is 103 cm³/mol. The molecule has 5 nitrogen and oxygen atoms in total. The van der Waals surface area contributed by atoms with Crippen LogP contribution in [0.5, 0.6) is 0 Å². The first-order valence-electron chi connectivity index (χ1n) is 8.59. The van der Waals surface area contributed by atoms with Gasteiger partial charge in [0.05, 0.1) is 18.1 Å². The smallest absolute Gasteiger partial charge is 0.274 e. The van der Waals surface area contributed by atoms with Crippen LogP contribution in [0.15, 0.2) is 59.5 Å². The van der Waals surface area contributed by atoms with Crippen LogP contribution in [-0.2, 0) is 17.8 Å². The van der Waals surface area contributed by atoms with E-state index in [-0.39, 0.29) is 11.5 Å². The third-order valence-corrected chi connectivity index (χ3v) is 4.44. The molecule has 1 N–H and O–H groups in total. The normalized spacial score (nSPS) is 10.8. The lowest BCUT2D eigenvalue weighted by Crippen LogP contribution is -2.31. The van der Waals surface area contributed by atoms with Gasteiger partial charge in [0.25, 0.3) is 5.56 Å². The van der Waals surface area contributed by atoms with Crippen molar-refractivity contribution >= 4 is 28.3 Å². The number of rotatable bonds is 7. The Labute approximate surface area is 156 Å². The van der Waals surface area contributed by atoms with Crippen LogP contribution < -0.4 is 10.9 Å². The average molecular weight is 370 g/mol. The first kappa shape index (κ1) is 18.1. The van der Waals surface area contributed by atoms with Gasteiger partial charge >= 0.3 is 0 Å². The first-order chi connectivity index (χ1) is 12.6. The predicted octanol–water partition coefficient (Wildman–Crippen LogP) is 3.19. The molecule has 26 heavy (non-hydrogen) atoms. The minimum Gasteiger partial charge on any atom is -0.354 e. The molecule has 6 heteroatoms. The molecule has 0 fully saturated rings. The van der Waals surface area contributed by atoms with E-state index in [1.807, 2.05) is 42.5 Å². The number of aromatic nitrogens is 2. The molecule has 3 rings (SSSR count). The molecule has 0 unspecified atom stereocenters. The fraction of sp³-hybridized carbons (Fsp3) is 0.250. The lowest BCUT2D eigenvalue weighted by Gasteiger charge is -2.08. The maximum Gasteiger partial charge on any atom is 0.274 e. The Morgan fingerprint density at radius 1 is 1.12 bits per heavy atom. The lowest BCUT2D eigenvalue weighted by atomic mass is 10.1. The highest BCUT2D eigenvalue weighted by Gasteiger charge is 2.05. The van der Waals surface area contributed by atoms with E-state index in [9.17, 15) is 9.59 Å². The molecule has 1 aromatic heterocycles. The Morgan fingerprint density at radius 3 is 2.69 bits per heavy atom. The number of carbonyl (C=O) groups is 1. The second-order valence-corrected chi connectivity index (χ2v) is 6.53. The molecule has 0 atom stereocenters. The molecular formula is C20H20ClN3O2. The van der Waals surface area contributed by atoms with Crippen LogP contribution in [0.3, 0.4) is 0 Å². The van der Waals surface area contributed by atoms with Crippen molar-refractivity contribution in [3.05, 3.63) is 75.7 Å². The van der Waals surface area contributed by atoms with Crippen molar-refractivity contribution in [2.45, 2.75) is 25.8 Å². The molecule has 0 saturated carbocycles. The van der Waals surface area contributed by atoms with Gasteiger partial charge in [0.15, 0.2) is 0 Å². The van der Waals surface area contributed by atoms with Gasteiger partial charge < -0.3 is 5.32 Å². The molecule has 134 valence electrons. The average Bonchev–Trinajstić information content (AvgIpc) is 2.65. The summed E-state index contributed by atoms with van der Waals surface area (Å²) in [5.74, 6) is -0.0206. The summed E-state index contributed by atoms with van der Waals surface area (Å²) in [7, 11) is 0. The zero-order valence-electron chi connectivity index (χ0n) is 14.3. The second kappa shape index (κ2) is 8.63. The molecule has 0 radical (unpaired) electrons. The van der Waals surface area contributed by atoms with Crippen molar-refractivity contribution in [1.82, 2.24) is 15.1 Å². The molecule has 0 aliphatic heterocycles. The Kier molecular flexibility index (Phi) is 6.02. The van der Waals surface area contributed by atoms with E-state index in [0.717, 1.165) is 23.8 Å². The third-order valence-electron chi connectivity index (χ3n) is 4.19. The Balaban J connectivity index is 1.44. The molecule has 1 heterocycles. The van der Waals surface area contributed by atoms with Gasteiger partial charge in [-0.3, -0.25) is 9.59 Å². The van der Waals surface area contributed by atoms with E-state index in [2.05, 4.69) is 10.4 Å². The van der Waals surface area contributed by atoms with E-state index < -0.39 is 0 Å².